The van der Waals surface area contributed by atoms with E-state index in [9.17, 15) is 9.18 Å². The summed E-state index contributed by atoms with van der Waals surface area (Å²) in [6.45, 7) is 5.41. The van der Waals surface area contributed by atoms with Crippen LogP contribution in [0.15, 0.2) is 18.0 Å². The topological polar surface area (TPSA) is 60.9 Å². The van der Waals surface area contributed by atoms with Gasteiger partial charge in [0.2, 0.25) is 0 Å². The second kappa shape index (κ2) is 5.77. The van der Waals surface area contributed by atoms with Gasteiger partial charge in [-0.25, -0.2) is 4.39 Å². The molecular weight excluding hydrogens is 257 g/mol. The van der Waals surface area contributed by atoms with Crippen LogP contribution in [-0.2, 0) is 4.79 Å². The van der Waals surface area contributed by atoms with Crippen LogP contribution in [-0.4, -0.2) is 21.7 Å². The number of nitrogens with two attached hydrogens (primary N) is 1. The van der Waals surface area contributed by atoms with E-state index in [-0.39, 0.29) is 17.7 Å². The van der Waals surface area contributed by atoms with E-state index in [0.29, 0.717) is 24.1 Å². The molecule has 1 saturated carbocycles. The molecule has 0 aliphatic heterocycles. The molecule has 5 heteroatoms. The Hall–Kier alpha value is -1.65. The SMILES string of the molecule is CC(=O)/C(=C(\N)c1cnn(C2CCC(F)C2)c1)C(C)C. The highest BCUT2D eigenvalue weighted by atomic mass is 19.1. The summed E-state index contributed by atoms with van der Waals surface area (Å²) in [6, 6.07) is 0.103. The van der Waals surface area contributed by atoms with Gasteiger partial charge in [0.25, 0.3) is 0 Å². The largest absolute Gasteiger partial charge is 0.398 e. The Morgan fingerprint density at radius 3 is 2.70 bits per heavy atom. The zero-order valence-corrected chi connectivity index (χ0v) is 12.3. The summed E-state index contributed by atoms with van der Waals surface area (Å²) in [5.74, 6) is 0.0486. The molecule has 1 aromatic rings. The molecular formula is C15H22FN3O. The first-order chi connectivity index (χ1) is 9.40. The maximum Gasteiger partial charge on any atom is 0.158 e. The Balaban J connectivity index is 2.28. The molecule has 0 aromatic carbocycles. The number of rotatable bonds is 4. The van der Waals surface area contributed by atoms with E-state index in [2.05, 4.69) is 5.10 Å². The predicted octanol–water partition coefficient (Wildman–Crippen LogP) is 2.86. The number of allylic oxidation sites excluding steroid dienone is 1. The predicted molar refractivity (Wildman–Crippen MR) is 76.6 cm³/mol. The molecule has 2 atom stereocenters. The van der Waals surface area contributed by atoms with Crippen molar-refractivity contribution in [2.24, 2.45) is 11.7 Å². The van der Waals surface area contributed by atoms with E-state index < -0.39 is 6.17 Å². The summed E-state index contributed by atoms with van der Waals surface area (Å²) in [5.41, 5.74) is 7.96. The Labute approximate surface area is 118 Å². The van der Waals surface area contributed by atoms with Gasteiger partial charge in [0, 0.05) is 29.5 Å². The molecule has 110 valence electrons. The third-order valence-corrected chi connectivity index (χ3v) is 3.87. The second-order valence-electron chi connectivity index (χ2n) is 5.81. The maximum absolute atomic E-state index is 13.2. The van der Waals surface area contributed by atoms with Crippen LogP contribution in [0, 0.1) is 5.92 Å². The number of carbonyl (C=O) groups is 1. The van der Waals surface area contributed by atoms with Crippen molar-refractivity contribution in [3.05, 3.63) is 23.5 Å². The molecule has 1 aliphatic rings. The van der Waals surface area contributed by atoms with E-state index in [1.807, 2.05) is 20.0 Å². The number of Topliss-reactive ketones (excluding diaryl/α,β-unsaturated/α-hetero) is 1. The van der Waals surface area contributed by atoms with Gasteiger partial charge in [0.05, 0.1) is 12.2 Å². The molecule has 0 spiro atoms. The number of nitrogens with zero attached hydrogens (tertiary/aromatic N) is 2. The standard InChI is InChI=1S/C15H22FN3O/c1-9(2)14(10(3)20)15(17)11-7-18-19(8-11)13-5-4-12(16)6-13/h7-9,12-13H,4-6,17H2,1-3H3/b15-14-. The molecule has 2 N–H and O–H groups in total. The molecule has 0 amide bonds. The van der Waals surface area contributed by atoms with Gasteiger partial charge in [-0.1, -0.05) is 13.8 Å². The minimum absolute atomic E-state index is 0.0186. The average Bonchev–Trinajstić information content (AvgIpc) is 2.95. The Bertz CT molecular complexity index is 533. The van der Waals surface area contributed by atoms with Crippen LogP contribution in [0.2, 0.25) is 0 Å². The second-order valence-corrected chi connectivity index (χ2v) is 5.81. The third-order valence-electron chi connectivity index (χ3n) is 3.87. The van der Waals surface area contributed by atoms with Crippen molar-refractivity contribution in [1.29, 1.82) is 0 Å². The number of alkyl halides is 1. The first-order valence-corrected chi connectivity index (χ1v) is 7.09. The number of ketones is 1. The van der Waals surface area contributed by atoms with E-state index in [1.165, 1.54) is 6.92 Å². The Morgan fingerprint density at radius 1 is 1.50 bits per heavy atom. The number of hydrogen-bond acceptors (Lipinski definition) is 3. The lowest BCUT2D eigenvalue weighted by Crippen LogP contribution is -2.12. The van der Waals surface area contributed by atoms with E-state index >= 15 is 0 Å². The van der Waals surface area contributed by atoms with Gasteiger partial charge in [-0.3, -0.25) is 9.48 Å². The fourth-order valence-corrected chi connectivity index (χ4v) is 2.88. The molecule has 0 bridgehead atoms. The highest BCUT2D eigenvalue weighted by Gasteiger charge is 2.26. The summed E-state index contributed by atoms with van der Waals surface area (Å²) in [5, 5.41) is 4.28. The molecule has 4 nitrogen and oxygen atoms in total. The number of hydrogen-bond donors (Lipinski definition) is 1. The van der Waals surface area contributed by atoms with Crippen LogP contribution < -0.4 is 5.73 Å². The normalized spacial score (nSPS) is 24.1. The van der Waals surface area contributed by atoms with Gasteiger partial charge >= 0.3 is 0 Å². The summed E-state index contributed by atoms with van der Waals surface area (Å²) >= 11 is 0. The van der Waals surface area contributed by atoms with Crippen LogP contribution in [0.25, 0.3) is 5.70 Å². The molecule has 20 heavy (non-hydrogen) atoms. The lowest BCUT2D eigenvalue weighted by molar-refractivity contribution is -0.113. The first-order valence-electron chi connectivity index (χ1n) is 7.09. The van der Waals surface area contributed by atoms with Gasteiger partial charge in [-0.15, -0.1) is 0 Å². The lowest BCUT2D eigenvalue weighted by atomic mass is 9.95. The van der Waals surface area contributed by atoms with Crippen molar-refractivity contribution in [3.8, 4) is 0 Å². The highest BCUT2D eigenvalue weighted by molar-refractivity contribution is 6.00. The number of carbonyl (C=O) groups excluding carboxylic acids is 1. The molecule has 1 aliphatic carbocycles. The molecule has 0 saturated heterocycles. The first kappa shape index (κ1) is 14.8. The minimum Gasteiger partial charge on any atom is -0.398 e. The summed E-state index contributed by atoms with van der Waals surface area (Å²) in [6.07, 6.45) is 4.65. The van der Waals surface area contributed by atoms with Crippen molar-refractivity contribution in [3.63, 3.8) is 0 Å². The fourth-order valence-electron chi connectivity index (χ4n) is 2.88. The van der Waals surface area contributed by atoms with Gasteiger partial charge < -0.3 is 5.73 Å². The van der Waals surface area contributed by atoms with Crippen molar-refractivity contribution in [1.82, 2.24) is 9.78 Å². The molecule has 1 heterocycles. The van der Waals surface area contributed by atoms with Crippen LogP contribution in [0.5, 0.6) is 0 Å². The van der Waals surface area contributed by atoms with E-state index in [1.54, 1.807) is 10.9 Å². The quantitative estimate of drug-likeness (QED) is 0.862. The number of halogens is 1. The molecule has 1 aromatic heterocycles. The molecule has 2 unspecified atom stereocenters. The van der Waals surface area contributed by atoms with Gasteiger partial charge in [-0.2, -0.15) is 5.10 Å². The highest BCUT2D eigenvalue weighted by Crippen LogP contribution is 2.32. The van der Waals surface area contributed by atoms with Crippen LogP contribution in [0.4, 0.5) is 4.39 Å². The van der Waals surface area contributed by atoms with Crippen molar-refractivity contribution < 1.29 is 9.18 Å². The Kier molecular flexibility index (Phi) is 4.26. The zero-order chi connectivity index (χ0) is 14.9. The summed E-state index contributed by atoms with van der Waals surface area (Å²) in [4.78, 5) is 11.7. The zero-order valence-electron chi connectivity index (χ0n) is 12.3. The van der Waals surface area contributed by atoms with Gasteiger partial charge in [0.15, 0.2) is 5.78 Å². The van der Waals surface area contributed by atoms with E-state index in [4.69, 9.17) is 5.73 Å². The van der Waals surface area contributed by atoms with Crippen LogP contribution in [0.3, 0.4) is 0 Å². The fraction of sp³-hybridized carbons (Fsp3) is 0.600. The summed E-state index contributed by atoms with van der Waals surface area (Å²) < 4.78 is 15.0. The van der Waals surface area contributed by atoms with Gasteiger partial charge in [0.1, 0.15) is 6.17 Å². The van der Waals surface area contributed by atoms with Gasteiger partial charge in [-0.05, 0) is 25.7 Å². The smallest absolute Gasteiger partial charge is 0.158 e. The van der Waals surface area contributed by atoms with Crippen LogP contribution in [0.1, 0.15) is 51.6 Å². The molecule has 0 radical (unpaired) electrons. The summed E-state index contributed by atoms with van der Waals surface area (Å²) in [7, 11) is 0. The van der Waals surface area contributed by atoms with Crippen LogP contribution >= 0.6 is 0 Å². The molecule has 1 fully saturated rings. The minimum atomic E-state index is -0.732. The average molecular weight is 279 g/mol. The Morgan fingerprint density at radius 2 is 2.20 bits per heavy atom. The number of aromatic nitrogens is 2. The van der Waals surface area contributed by atoms with Crippen molar-refractivity contribution >= 4 is 11.5 Å². The molecule has 2 rings (SSSR count). The third kappa shape index (κ3) is 2.92. The monoisotopic (exact) mass is 279 g/mol. The lowest BCUT2D eigenvalue weighted by Gasteiger charge is -2.12. The van der Waals surface area contributed by atoms with Crippen molar-refractivity contribution in [2.75, 3.05) is 0 Å². The van der Waals surface area contributed by atoms with E-state index in [0.717, 1.165) is 12.0 Å². The van der Waals surface area contributed by atoms with Crippen molar-refractivity contribution in [2.45, 2.75) is 52.2 Å². The maximum atomic E-state index is 13.2.